The van der Waals surface area contributed by atoms with Crippen molar-refractivity contribution in [3.8, 4) is 11.8 Å². The zero-order chi connectivity index (χ0) is 12.6. The molecular formula is C13H12N2OS2. The number of hydrogen-bond donors (Lipinski definition) is 1. The molecule has 0 aromatic carbocycles. The predicted octanol–water partition coefficient (Wildman–Crippen LogP) is 2.56. The first-order valence-corrected chi connectivity index (χ1v) is 7.32. The van der Waals surface area contributed by atoms with Crippen LogP contribution in [0.5, 0.6) is 0 Å². The van der Waals surface area contributed by atoms with Gasteiger partial charge in [0.2, 0.25) is 0 Å². The average Bonchev–Trinajstić information content (AvgIpc) is 2.86. The van der Waals surface area contributed by atoms with Gasteiger partial charge in [-0.05, 0) is 12.1 Å². The Labute approximate surface area is 114 Å². The summed E-state index contributed by atoms with van der Waals surface area (Å²) in [4.78, 5) is 9.57. The summed E-state index contributed by atoms with van der Waals surface area (Å²) in [5.74, 6) is 6.80. The molecule has 0 atom stereocenters. The third kappa shape index (κ3) is 4.15. The minimum absolute atomic E-state index is 0.116. The monoisotopic (exact) mass is 276 g/mol. The van der Waals surface area contributed by atoms with Crippen molar-refractivity contribution in [1.82, 2.24) is 9.97 Å². The summed E-state index contributed by atoms with van der Waals surface area (Å²) in [5, 5.41) is 11.5. The van der Waals surface area contributed by atoms with E-state index in [9.17, 15) is 0 Å². The van der Waals surface area contributed by atoms with Gasteiger partial charge >= 0.3 is 0 Å². The van der Waals surface area contributed by atoms with Crippen molar-refractivity contribution in [2.24, 2.45) is 0 Å². The molecule has 0 amide bonds. The molecule has 0 aliphatic heterocycles. The highest BCUT2D eigenvalue weighted by molar-refractivity contribution is 7.98. The van der Waals surface area contributed by atoms with Gasteiger partial charge in [-0.3, -0.25) is 0 Å². The van der Waals surface area contributed by atoms with Crippen LogP contribution in [0.25, 0.3) is 0 Å². The van der Waals surface area contributed by atoms with Crippen LogP contribution in [-0.4, -0.2) is 21.7 Å². The van der Waals surface area contributed by atoms with Crippen LogP contribution >= 0.6 is 23.1 Å². The van der Waals surface area contributed by atoms with Gasteiger partial charge in [0, 0.05) is 40.4 Å². The van der Waals surface area contributed by atoms with Gasteiger partial charge in [0.15, 0.2) is 5.16 Å². The van der Waals surface area contributed by atoms with Gasteiger partial charge in [0.1, 0.15) is 0 Å². The number of aliphatic hydroxyl groups excluding tert-OH is 1. The molecule has 2 heterocycles. The fourth-order valence-corrected chi connectivity index (χ4v) is 2.91. The second kappa shape index (κ2) is 7.17. The molecule has 0 bridgehead atoms. The number of aromatic nitrogens is 2. The molecule has 0 saturated carbocycles. The molecule has 0 saturated heterocycles. The van der Waals surface area contributed by atoms with E-state index in [4.69, 9.17) is 5.11 Å². The molecule has 2 aromatic heterocycles. The van der Waals surface area contributed by atoms with E-state index < -0.39 is 0 Å². The van der Waals surface area contributed by atoms with E-state index in [1.54, 1.807) is 35.5 Å². The Morgan fingerprint density at radius 3 is 2.94 bits per heavy atom. The Morgan fingerprint density at radius 2 is 2.17 bits per heavy atom. The predicted molar refractivity (Wildman–Crippen MR) is 74.5 cm³/mol. The lowest BCUT2D eigenvalue weighted by molar-refractivity contribution is 0.305. The molecule has 0 aliphatic rings. The van der Waals surface area contributed by atoms with Gasteiger partial charge in [-0.1, -0.05) is 23.6 Å². The van der Waals surface area contributed by atoms with Crippen molar-refractivity contribution in [3.05, 3.63) is 40.3 Å². The van der Waals surface area contributed by atoms with Crippen LogP contribution in [0.4, 0.5) is 0 Å². The number of aliphatic hydroxyl groups is 1. The Bertz CT molecular complexity index is 543. The molecule has 92 valence electrons. The zero-order valence-corrected chi connectivity index (χ0v) is 11.3. The van der Waals surface area contributed by atoms with Crippen LogP contribution in [0.15, 0.2) is 35.1 Å². The van der Waals surface area contributed by atoms with Gasteiger partial charge in [-0.2, -0.15) is 0 Å². The molecule has 18 heavy (non-hydrogen) atoms. The first-order valence-electron chi connectivity index (χ1n) is 5.45. The summed E-state index contributed by atoms with van der Waals surface area (Å²) in [6.45, 7) is 0.116. The van der Waals surface area contributed by atoms with Crippen molar-refractivity contribution in [1.29, 1.82) is 0 Å². The second-order valence-electron chi connectivity index (χ2n) is 3.40. The van der Waals surface area contributed by atoms with Crippen molar-refractivity contribution in [3.63, 3.8) is 0 Å². The Balaban J connectivity index is 1.90. The van der Waals surface area contributed by atoms with E-state index in [2.05, 4.69) is 27.9 Å². The van der Waals surface area contributed by atoms with Crippen molar-refractivity contribution < 1.29 is 5.11 Å². The molecule has 3 nitrogen and oxygen atoms in total. The minimum atomic E-state index is 0.116. The maximum atomic E-state index is 8.64. The molecule has 0 fully saturated rings. The number of thiophene rings is 1. The van der Waals surface area contributed by atoms with Crippen molar-refractivity contribution in [2.75, 3.05) is 6.61 Å². The largest absolute Gasteiger partial charge is 0.395 e. The van der Waals surface area contributed by atoms with Crippen LogP contribution in [0.2, 0.25) is 0 Å². The van der Waals surface area contributed by atoms with Gasteiger partial charge in [-0.15, -0.1) is 11.3 Å². The standard InChI is InChI=1S/C13H12N2OS2/c16-7-2-1-4-11-8-12(17-9-11)10-18-13-14-5-3-6-15-13/h3,5-6,8-9,16H,2,7,10H2. The highest BCUT2D eigenvalue weighted by atomic mass is 32.2. The van der Waals surface area contributed by atoms with Crippen LogP contribution < -0.4 is 0 Å². The minimum Gasteiger partial charge on any atom is -0.395 e. The summed E-state index contributed by atoms with van der Waals surface area (Å²) in [7, 11) is 0. The maximum Gasteiger partial charge on any atom is 0.187 e. The summed E-state index contributed by atoms with van der Waals surface area (Å²) in [6, 6.07) is 3.88. The fourth-order valence-electron chi connectivity index (χ4n) is 1.24. The highest BCUT2D eigenvalue weighted by Crippen LogP contribution is 2.23. The topological polar surface area (TPSA) is 46.0 Å². The van der Waals surface area contributed by atoms with Gasteiger partial charge < -0.3 is 5.11 Å². The van der Waals surface area contributed by atoms with Gasteiger partial charge in [0.25, 0.3) is 0 Å². The summed E-state index contributed by atoms with van der Waals surface area (Å²) >= 11 is 3.30. The second-order valence-corrected chi connectivity index (χ2v) is 5.34. The van der Waals surface area contributed by atoms with E-state index >= 15 is 0 Å². The van der Waals surface area contributed by atoms with Gasteiger partial charge in [0.05, 0.1) is 6.61 Å². The van der Waals surface area contributed by atoms with Crippen LogP contribution in [0.1, 0.15) is 16.9 Å². The summed E-state index contributed by atoms with van der Waals surface area (Å²) in [5.41, 5.74) is 1.01. The Morgan fingerprint density at radius 1 is 1.33 bits per heavy atom. The molecule has 1 N–H and O–H groups in total. The van der Waals surface area contributed by atoms with Gasteiger partial charge in [-0.25, -0.2) is 9.97 Å². The third-order valence-corrected chi connectivity index (χ3v) is 4.05. The number of hydrogen-bond acceptors (Lipinski definition) is 5. The number of rotatable bonds is 4. The summed E-state index contributed by atoms with van der Waals surface area (Å²) in [6.07, 6.45) is 4.02. The first kappa shape index (κ1) is 13.1. The highest BCUT2D eigenvalue weighted by Gasteiger charge is 2.01. The van der Waals surface area contributed by atoms with Crippen molar-refractivity contribution >= 4 is 23.1 Å². The van der Waals surface area contributed by atoms with E-state index in [-0.39, 0.29) is 6.61 Å². The molecule has 0 spiro atoms. The number of thioether (sulfide) groups is 1. The quantitative estimate of drug-likeness (QED) is 0.529. The smallest absolute Gasteiger partial charge is 0.187 e. The van der Waals surface area contributed by atoms with Crippen LogP contribution in [0, 0.1) is 11.8 Å². The third-order valence-electron chi connectivity index (χ3n) is 2.01. The Hall–Kier alpha value is -1.35. The fraction of sp³-hybridized carbons (Fsp3) is 0.231. The lowest BCUT2D eigenvalue weighted by Gasteiger charge is -1.95. The lowest BCUT2D eigenvalue weighted by atomic mass is 10.3. The summed E-state index contributed by atoms with van der Waals surface area (Å²) < 4.78 is 0. The molecule has 2 rings (SSSR count). The SMILES string of the molecule is OCCC#Cc1csc(CSc2ncccn2)c1. The zero-order valence-electron chi connectivity index (χ0n) is 9.67. The number of nitrogens with zero attached hydrogens (tertiary/aromatic N) is 2. The van der Waals surface area contributed by atoms with E-state index in [0.717, 1.165) is 16.5 Å². The first-order chi connectivity index (χ1) is 8.88. The molecule has 2 aromatic rings. The van der Waals surface area contributed by atoms with Crippen LogP contribution in [0.3, 0.4) is 0 Å². The molecule has 5 heteroatoms. The van der Waals surface area contributed by atoms with E-state index in [0.29, 0.717) is 6.42 Å². The van der Waals surface area contributed by atoms with Crippen LogP contribution in [-0.2, 0) is 5.75 Å². The molecular weight excluding hydrogens is 264 g/mol. The average molecular weight is 276 g/mol. The van der Waals surface area contributed by atoms with E-state index in [1.807, 2.05) is 11.4 Å². The molecule has 0 unspecified atom stereocenters. The maximum absolute atomic E-state index is 8.64. The molecule has 0 aliphatic carbocycles. The normalized spacial score (nSPS) is 9.83. The molecule has 0 radical (unpaired) electrons. The lowest BCUT2D eigenvalue weighted by Crippen LogP contribution is -1.83. The van der Waals surface area contributed by atoms with E-state index in [1.165, 1.54) is 4.88 Å². The van der Waals surface area contributed by atoms with Crippen molar-refractivity contribution in [2.45, 2.75) is 17.3 Å². The Kier molecular flexibility index (Phi) is 5.21.